The van der Waals surface area contributed by atoms with Crippen LogP contribution < -0.4 is 0 Å². The van der Waals surface area contributed by atoms with Crippen molar-refractivity contribution in [2.75, 3.05) is 46.9 Å². The summed E-state index contributed by atoms with van der Waals surface area (Å²) in [5.74, 6) is -0.0798. The van der Waals surface area contributed by atoms with Crippen LogP contribution in [0.3, 0.4) is 0 Å². The lowest BCUT2D eigenvalue weighted by molar-refractivity contribution is 0.0560. The highest BCUT2D eigenvalue weighted by Crippen LogP contribution is 2.30. The maximum Gasteiger partial charge on any atom is 0.409 e. The summed E-state index contributed by atoms with van der Waals surface area (Å²) in [5, 5.41) is 1.40. The molecule has 36 heavy (non-hydrogen) atoms. The minimum Gasteiger partial charge on any atom is -0.449 e. The number of carbonyl (C=O) groups excluding carboxylic acids is 2. The van der Waals surface area contributed by atoms with Gasteiger partial charge in [0.15, 0.2) is 0 Å². The molecule has 0 radical (unpaired) electrons. The fourth-order valence-corrected chi connectivity index (χ4v) is 4.52. The second-order valence-electron chi connectivity index (χ2n) is 9.38. The molecule has 1 aromatic heterocycles. The second kappa shape index (κ2) is 11.3. The fraction of sp³-hybridized carbons (Fsp3) is 0.393. The van der Waals surface area contributed by atoms with Gasteiger partial charge in [0.05, 0.1) is 22.8 Å². The molecule has 1 saturated heterocycles. The van der Waals surface area contributed by atoms with Crippen molar-refractivity contribution >= 4 is 34.5 Å². The first-order valence-corrected chi connectivity index (χ1v) is 12.7. The number of amides is 2. The number of nitrogens with zero attached hydrogens (tertiary/aromatic N) is 4. The van der Waals surface area contributed by atoms with Gasteiger partial charge in [0.25, 0.3) is 5.91 Å². The highest BCUT2D eigenvalue weighted by atomic mass is 35.5. The average molecular weight is 509 g/mol. The molecule has 0 saturated carbocycles. The first-order valence-electron chi connectivity index (χ1n) is 12.4. The van der Waals surface area contributed by atoms with E-state index in [1.54, 1.807) is 21.9 Å². The van der Waals surface area contributed by atoms with Crippen LogP contribution in [0.2, 0.25) is 5.02 Å². The molecule has 2 amide bonds. The number of hydrogen-bond acceptors (Lipinski definition) is 5. The molecule has 3 aromatic rings. The zero-order valence-corrected chi connectivity index (χ0v) is 22.1. The Morgan fingerprint density at radius 1 is 1.03 bits per heavy atom. The molecule has 0 N–H and O–H groups in total. The molecule has 1 aliphatic rings. The van der Waals surface area contributed by atoms with Gasteiger partial charge in [-0.25, -0.2) is 9.78 Å². The molecule has 7 nitrogen and oxygen atoms in total. The van der Waals surface area contributed by atoms with Gasteiger partial charge in [0.2, 0.25) is 0 Å². The monoisotopic (exact) mass is 508 g/mol. The van der Waals surface area contributed by atoms with Crippen molar-refractivity contribution in [1.29, 1.82) is 0 Å². The lowest BCUT2D eigenvalue weighted by Gasteiger charge is -2.34. The quantitative estimate of drug-likeness (QED) is 0.441. The summed E-state index contributed by atoms with van der Waals surface area (Å²) in [4.78, 5) is 35.7. The van der Waals surface area contributed by atoms with Crippen molar-refractivity contribution in [3.63, 3.8) is 0 Å². The van der Waals surface area contributed by atoms with Crippen molar-refractivity contribution in [1.82, 2.24) is 19.7 Å². The van der Waals surface area contributed by atoms with E-state index >= 15 is 0 Å². The van der Waals surface area contributed by atoms with Gasteiger partial charge in [0.1, 0.15) is 0 Å². The summed E-state index contributed by atoms with van der Waals surface area (Å²) >= 11 is 6.61. The molecular weight excluding hydrogens is 476 g/mol. The van der Waals surface area contributed by atoms with Gasteiger partial charge < -0.3 is 19.4 Å². The number of benzene rings is 2. The first kappa shape index (κ1) is 25.9. The molecule has 0 bridgehead atoms. The number of fused-ring (bicyclic) bond motifs is 1. The van der Waals surface area contributed by atoms with E-state index in [9.17, 15) is 9.59 Å². The van der Waals surface area contributed by atoms with Gasteiger partial charge in [-0.05, 0) is 51.2 Å². The standard InChI is InChI=1S/C28H33ClN4O3/c1-5-16-36-28(35)33-14-12-32(13-15-33)27(34)22-10-11-23-24(29)18-25(30-26(23)17-22)21-8-6-20(7-9-21)19(2)31(3)4/h6-11,17-19H,5,12-16H2,1-4H3. The van der Waals surface area contributed by atoms with E-state index in [0.717, 1.165) is 23.1 Å². The van der Waals surface area contributed by atoms with E-state index in [-0.39, 0.29) is 12.0 Å². The van der Waals surface area contributed by atoms with E-state index in [1.165, 1.54) is 5.56 Å². The third-order valence-corrected chi connectivity index (χ3v) is 7.04. The molecule has 190 valence electrons. The number of hydrogen-bond donors (Lipinski definition) is 0. The van der Waals surface area contributed by atoms with E-state index in [0.29, 0.717) is 54.9 Å². The molecule has 8 heteroatoms. The summed E-state index contributed by atoms with van der Waals surface area (Å²) in [6.07, 6.45) is 0.470. The van der Waals surface area contributed by atoms with Crippen molar-refractivity contribution in [2.24, 2.45) is 0 Å². The lowest BCUT2D eigenvalue weighted by atomic mass is 10.0. The molecular formula is C28H33ClN4O3. The third kappa shape index (κ3) is 5.63. The Hall–Kier alpha value is -3.16. The first-order chi connectivity index (χ1) is 17.3. The van der Waals surface area contributed by atoms with Gasteiger partial charge in [-0.2, -0.15) is 0 Å². The van der Waals surface area contributed by atoms with E-state index in [1.807, 2.05) is 19.1 Å². The summed E-state index contributed by atoms with van der Waals surface area (Å²) in [5.41, 5.74) is 4.19. The van der Waals surface area contributed by atoms with Crippen molar-refractivity contribution in [3.8, 4) is 11.3 Å². The fourth-order valence-electron chi connectivity index (χ4n) is 4.25. The minimum absolute atomic E-state index is 0.0798. The Balaban J connectivity index is 1.52. The Kier molecular flexibility index (Phi) is 8.11. The maximum atomic E-state index is 13.2. The minimum atomic E-state index is -0.315. The lowest BCUT2D eigenvalue weighted by Crippen LogP contribution is -2.50. The van der Waals surface area contributed by atoms with Crippen molar-refractivity contribution in [3.05, 3.63) is 64.7 Å². The van der Waals surface area contributed by atoms with Crippen LogP contribution in [0.15, 0.2) is 48.5 Å². The molecule has 1 unspecified atom stereocenters. The zero-order chi connectivity index (χ0) is 25.8. The maximum absolute atomic E-state index is 13.2. The largest absolute Gasteiger partial charge is 0.449 e. The van der Waals surface area contributed by atoms with Crippen molar-refractivity contribution < 1.29 is 14.3 Å². The van der Waals surface area contributed by atoms with E-state index in [2.05, 4.69) is 50.2 Å². The normalized spacial score (nSPS) is 14.8. The van der Waals surface area contributed by atoms with Crippen LogP contribution in [-0.4, -0.2) is 78.6 Å². The molecule has 1 fully saturated rings. The second-order valence-corrected chi connectivity index (χ2v) is 9.78. The molecule has 0 aliphatic carbocycles. The number of rotatable bonds is 6. The number of aromatic nitrogens is 1. The Labute approximate surface area is 217 Å². The van der Waals surface area contributed by atoms with Gasteiger partial charge in [-0.15, -0.1) is 0 Å². The third-order valence-electron chi connectivity index (χ3n) is 6.72. The van der Waals surface area contributed by atoms with Gasteiger partial charge in [-0.3, -0.25) is 4.79 Å². The molecule has 2 aromatic carbocycles. The zero-order valence-electron chi connectivity index (χ0n) is 21.3. The number of pyridine rings is 1. The summed E-state index contributed by atoms with van der Waals surface area (Å²) in [6.45, 7) is 6.37. The molecule has 2 heterocycles. The molecule has 0 spiro atoms. The van der Waals surface area contributed by atoms with Crippen LogP contribution in [0, 0.1) is 0 Å². The number of carbonyl (C=O) groups is 2. The van der Waals surface area contributed by atoms with Crippen LogP contribution in [0.4, 0.5) is 4.79 Å². The highest BCUT2D eigenvalue weighted by Gasteiger charge is 2.26. The topological polar surface area (TPSA) is 66.0 Å². The van der Waals surface area contributed by atoms with Crippen LogP contribution >= 0.6 is 11.6 Å². The highest BCUT2D eigenvalue weighted by molar-refractivity contribution is 6.35. The predicted octanol–water partition coefficient (Wildman–Crippen LogP) is 5.48. The number of piperazine rings is 1. The number of ether oxygens (including phenoxy) is 1. The van der Waals surface area contributed by atoms with Crippen LogP contribution in [0.1, 0.15) is 42.2 Å². The van der Waals surface area contributed by atoms with E-state index < -0.39 is 0 Å². The Bertz CT molecular complexity index is 1240. The Morgan fingerprint density at radius 3 is 2.33 bits per heavy atom. The molecule has 1 aliphatic heterocycles. The van der Waals surface area contributed by atoms with Gasteiger partial charge >= 0.3 is 6.09 Å². The predicted molar refractivity (Wildman–Crippen MR) is 143 cm³/mol. The van der Waals surface area contributed by atoms with Crippen LogP contribution in [-0.2, 0) is 4.74 Å². The van der Waals surface area contributed by atoms with Gasteiger partial charge in [0, 0.05) is 48.7 Å². The van der Waals surface area contributed by atoms with Crippen LogP contribution in [0.25, 0.3) is 22.2 Å². The number of halogens is 1. The van der Waals surface area contributed by atoms with Crippen molar-refractivity contribution in [2.45, 2.75) is 26.3 Å². The smallest absolute Gasteiger partial charge is 0.409 e. The van der Waals surface area contributed by atoms with Gasteiger partial charge in [-0.1, -0.05) is 48.9 Å². The Morgan fingerprint density at radius 2 is 1.69 bits per heavy atom. The molecule has 4 rings (SSSR count). The summed E-state index contributed by atoms with van der Waals surface area (Å²) in [6, 6.07) is 15.9. The van der Waals surface area contributed by atoms with E-state index in [4.69, 9.17) is 21.3 Å². The molecule has 1 atom stereocenters. The average Bonchev–Trinajstić information content (AvgIpc) is 2.90. The summed E-state index contributed by atoms with van der Waals surface area (Å²) in [7, 11) is 4.12. The van der Waals surface area contributed by atoms with Crippen LogP contribution in [0.5, 0.6) is 0 Å². The summed E-state index contributed by atoms with van der Waals surface area (Å²) < 4.78 is 5.21. The SMILES string of the molecule is CCCOC(=O)N1CCN(C(=O)c2ccc3c(Cl)cc(-c4ccc(C(C)N(C)C)cc4)nc3c2)CC1.